The maximum Gasteiger partial charge on any atom is 0.293 e. The van der Waals surface area contributed by atoms with Gasteiger partial charge in [-0.05, 0) is 18.6 Å². The molecule has 0 aromatic heterocycles. The zero-order valence-corrected chi connectivity index (χ0v) is 14.8. The molecule has 0 bridgehead atoms. The first-order chi connectivity index (χ1) is 12.5. The van der Waals surface area contributed by atoms with Gasteiger partial charge in [-0.1, -0.05) is 19.8 Å². The second kappa shape index (κ2) is 9.14. The first-order valence-corrected chi connectivity index (χ1v) is 8.73. The maximum absolute atomic E-state index is 12.2. The van der Waals surface area contributed by atoms with Gasteiger partial charge in [0, 0.05) is 44.2 Å². The molecule has 1 aromatic rings. The predicted octanol–water partition coefficient (Wildman–Crippen LogP) is 1.94. The molecule has 2 amide bonds. The molecule has 2 N–H and O–H groups in total. The smallest absolute Gasteiger partial charge is 0.293 e. The number of nitro benzene ring substituents is 1. The van der Waals surface area contributed by atoms with Crippen molar-refractivity contribution in [3.8, 4) is 0 Å². The van der Waals surface area contributed by atoms with Crippen molar-refractivity contribution in [1.82, 2.24) is 10.4 Å². The van der Waals surface area contributed by atoms with Gasteiger partial charge in [0.25, 0.3) is 11.6 Å². The van der Waals surface area contributed by atoms with Crippen molar-refractivity contribution in [2.75, 3.05) is 31.1 Å². The van der Waals surface area contributed by atoms with Crippen molar-refractivity contribution in [2.45, 2.75) is 32.6 Å². The Morgan fingerprint density at radius 2 is 1.92 bits per heavy atom. The van der Waals surface area contributed by atoms with Gasteiger partial charge in [-0.2, -0.15) is 0 Å². The highest BCUT2D eigenvalue weighted by molar-refractivity contribution is 5.95. The van der Waals surface area contributed by atoms with Crippen LogP contribution in [0.2, 0.25) is 0 Å². The largest absolute Gasteiger partial charge is 0.362 e. The molecule has 1 aliphatic heterocycles. The SMILES string of the molecule is CCCCCC(=O)N1CCN(c2ccc(C(=O)NO)cc2[N+](=O)[O-])CC1. The van der Waals surface area contributed by atoms with Crippen LogP contribution in [0.5, 0.6) is 0 Å². The van der Waals surface area contributed by atoms with E-state index in [1.165, 1.54) is 17.6 Å². The van der Waals surface area contributed by atoms with Crippen LogP contribution in [0.25, 0.3) is 0 Å². The van der Waals surface area contributed by atoms with E-state index in [0.29, 0.717) is 38.3 Å². The summed E-state index contributed by atoms with van der Waals surface area (Å²) in [6.45, 7) is 4.10. The predicted molar refractivity (Wildman–Crippen MR) is 95.3 cm³/mol. The number of hydroxylamine groups is 1. The molecule has 1 saturated heterocycles. The van der Waals surface area contributed by atoms with E-state index >= 15 is 0 Å². The molecule has 0 spiro atoms. The van der Waals surface area contributed by atoms with E-state index in [1.54, 1.807) is 4.90 Å². The quantitative estimate of drug-likeness (QED) is 0.331. The molecule has 142 valence electrons. The first-order valence-electron chi connectivity index (χ1n) is 8.73. The van der Waals surface area contributed by atoms with E-state index in [9.17, 15) is 19.7 Å². The molecule has 0 atom stereocenters. The second-order valence-electron chi connectivity index (χ2n) is 6.23. The molecule has 9 heteroatoms. The molecule has 0 radical (unpaired) electrons. The van der Waals surface area contributed by atoms with Crippen molar-refractivity contribution in [2.24, 2.45) is 0 Å². The Morgan fingerprint density at radius 3 is 2.50 bits per heavy atom. The molecule has 9 nitrogen and oxygen atoms in total. The van der Waals surface area contributed by atoms with E-state index in [-0.39, 0.29) is 17.2 Å². The zero-order valence-electron chi connectivity index (χ0n) is 14.8. The van der Waals surface area contributed by atoms with Gasteiger partial charge in [0.1, 0.15) is 5.69 Å². The average molecular weight is 364 g/mol. The van der Waals surface area contributed by atoms with Gasteiger partial charge < -0.3 is 9.80 Å². The zero-order chi connectivity index (χ0) is 19.1. The number of unbranched alkanes of at least 4 members (excludes halogenated alkanes) is 2. The van der Waals surface area contributed by atoms with Gasteiger partial charge in [-0.3, -0.25) is 24.9 Å². The van der Waals surface area contributed by atoms with E-state index in [2.05, 4.69) is 6.92 Å². The molecule has 1 aromatic carbocycles. The van der Waals surface area contributed by atoms with Gasteiger partial charge in [-0.15, -0.1) is 0 Å². The summed E-state index contributed by atoms with van der Waals surface area (Å²) in [4.78, 5) is 38.1. The van der Waals surface area contributed by atoms with Crippen LogP contribution in [0.4, 0.5) is 11.4 Å². The normalized spacial score (nSPS) is 14.2. The molecular weight excluding hydrogens is 340 g/mol. The number of nitrogens with zero attached hydrogens (tertiary/aromatic N) is 3. The molecular formula is C17H24N4O5. The van der Waals surface area contributed by atoms with Gasteiger partial charge in [0.15, 0.2) is 0 Å². The summed E-state index contributed by atoms with van der Waals surface area (Å²) in [5.74, 6) is -0.676. The summed E-state index contributed by atoms with van der Waals surface area (Å²) in [7, 11) is 0. The van der Waals surface area contributed by atoms with Gasteiger partial charge >= 0.3 is 0 Å². The fraction of sp³-hybridized carbons (Fsp3) is 0.529. The lowest BCUT2D eigenvalue weighted by atomic mass is 10.1. The molecule has 0 aliphatic carbocycles. The van der Waals surface area contributed by atoms with Crippen molar-refractivity contribution in [1.29, 1.82) is 0 Å². The highest BCUT2D eigenvalue weighted by Crippen LogP contribution is 2.30. The van der Waals surface area contributed by atoms with Crippen LogP contribution in [-0.2, 0) is 4.79 Å². The molecule has 0 unspecified atom stereocenters. The summed E-state index contributed by atoms with van der Waals surface area (Å²) in [6, 6.07) is 4.07. The first kappa shape index (κ1) is 19.6. The number of hydrogen-bond acceptors (Lipinski definition) is 6. The number of piperazine rings is 1. The number of benzene rings is 1. The van der Waals surface area contributed by atoms with Crippen molar-refractivity contribution < 1.29 is 19.7 Å². The molecule has 0 saturated carbocycles. The highest BCUT2D eigenvalue weighted by atomic mass is 16.6. The Bertz CT molecular complexity index is 671. The van der Waals surface area contributed by atoms with E-state index in [1.807, 2.05) is 4.90 Å². The summed E-state index contributed by atoms with van der Waals surface area (Å²) in [6.07, 6.45) is 3.52. The van der Waals surface area contributed by atoms with Gasteiger partial charge in [0.2, 0.25) is 5.91 Å². The third-order valence-electron chi connectivity index (χ3n) is 4.50. The molecule has 2 rings (SSSR count). The van der Waals surface area contributed by atoms with Crippen molar-refractivity contribution in [3.05, 3.63) is 33.9 Å². The fourth-order valence-electron chi connectivity index (χ4n) is 3.02. The number of hydrogen-bond donors (Lipinski definition) is 2. The van der Waals surface area contributed by atoms with Gasteiger partial charge in [-0.25, -0.2) is 5.48 Å². The Morgan fingerprint density at radius 1 is 1.23 bits per heavy atom. The monoisotopic (exact) mass is 364 g/mol. The maximum atomic E-state index is 12.2. The van der Waals surface area contributed by atoms with Crippen LogP contribution in [-0.4, -0.2) is 53.0 Å². The second-order valence-corrected chi connectivity index (χ2v) is 6.23. The van der Waals surface area contributed by atoms with E-state index in [4.69, 9.17) is 5.21 Å². The number of anilines is 1. The number of nitro groups is 1. The fourth-order valence-corrected chi connectivity index (χ4v) is 3.02. The standard InChI is InChI=1S/C17H24N4O5/c1-2-3-4-5-16(22)20-10-8-19(9-11-20)14-7-6-13(17(23)18-24)12-15(14)21(25)26/h6-7,12,24H,2-5,8-11H2,1H3,(H,18,23). The van der Waals surface area contributed by atoms with Crippen LogP contribution in [0, 0.1) is 10.1 Å². The molecule has 1 heterocycles. The summed E-state index contributed by atoms with van der Waals surface area (Å²) in [5, 5.41) is 20.0. The van der Waals surface area contributed by atoms with Crippen LogP contribution in [0.1, 0.15) is 43.0 Å². The Hall–Kier alpha value is -2.68. The lowest BCUT2D eigenvalue weighted by Crippen LogP contribution is -2.48. The minimum atomic E-state index is -0.804. The molecule has 1 aliphatic rings. The summed E-state index contributed by atoms with van der Waals surface area (Å²) < 4.78 is 0. The third-order valence-corrected chi connectivity index (χ3v) is 4.50. The van der Waals surface area contributed by atoms with Crippen LogP contribution >= 0.6 is 0 Å². The molecule has 26 heavy (non-hydrogen) atoms. The number of carbonyl (C=O) groups is 2. The number of carbonyl (C=O) groups excluding carboxylic acids is 2. The lowest BCUT2D eigenvalue weighted by Gasteiger charge is -2.36. The minimum absolute atomic E-state index is 0.00712. The van der Waals surface area contributed by atoms with Crippen LogP contribution in [0.15, 0.2) is 18.2 Å². The number of nitrogens with one attached hydrogen (secondary N) is 1. The van der Waals surface area contributed by atoms with E-state index < -0.39 is 10.8 Å². The molecule has 1 fully saturated rings. The van der Waals surface area contributed by atoms with Crippen LogP contribution < -0.4 is 10.4 Å². The lowest BCUT2D eigenvalue weighted by molar-refractivity contribution is -0.384. The number of rotatable bonds is 7. The Labute approximate surface area is 151 Å². The Balaban J connectivity index is 2.05. The summed E-state index contributed by atoms with van der Waals surface area (Å²) >= 11 is 0. The number of amides is 2. The van der Waals surface area contributed by atoms with Crippen molar-refractivity contribution in [3.63, 3.8) is 0 Å². The average Bonchev–Trinajstić information content (AvgIpc) is 2.67. The van der Waals surface area contributed by atoms with Crippen LogP contribution in [0.3, 0.4) is 0 Å². The highest BCUT2D eigenvalue weighted by Gasteiger charge is 2.26. The summed E-state index contributed by atoms with van der Waals surface area (Å²) in [5.41, 5.74) is 1.68. The minimum Gasteiger partial charge on any atom is -0.362 e. The van der Waals surface area contributed by atoms with E-state index in [0.717, 1.165) is 25.3 Å². The third kappa shape index (κ3) is 4.69. The topological polar surface area (TPSA) is 116 Å². The van der Waals surface area contributed by atoms with Crippen molar-refractivity contribution >= 4 is 23.2 Å². The van der Waals surface area contributed by atoms with Gasteiger partial charge in [0.05, 0.1) is 4.92 Å². The Kier molecular flexibility index (Phi) is 6.90.